The fourth-order valence-electron chi connectivity index (χ4n) is 2.30. The highest BCUT2D eigenvalue weighted by atomic mass is 32.2. The molecule has 0 spiro atoms. The number of methoxy groups -OCH3 is 1. The largest absolute Gasteiger partial charge is 0.384 e. The average Bonchev–Trinajstić information content (AvgIpc) is 2.37. The van der Waals surface area contributed by atoms with E-state index in [0.717, 1.165) is 38.8 Å². The molecule has 1 fully saturated rings. The second-order valence-electron chi connectivity index (χ2n) is 4.77. The molecule has 0 saturated carbocycles. The van der Waals surface area contributed by atoms with Gasteiger partial charge in [0.1, 0.15) is 0 Å². The zero-order valence-corrected chi connectivity index (χ0v) is 12.3. The van der Waals surface area contributed by atoms with Gasteiger partial charge in [0.2, 0.25) is 10.0 Å². The smallest absolute Gasteiger partial charge is 0.216 e. The molecule has 1 unspecified atom stereocenters. The lowest BCUT2D eigenvalue weighted by molar-refractivity contribution is 0.209. The zero-order valence-electron chi connectivity index (χ0n) is 11.5. The van der Waals surface area contributed by atoms with Crippen molar-refractivity contribution in [2.24, 2.45) is 0 Å². The van der Waals surface area contributed by atoms with Crippen molar-refractivity contribution < 1.29 is 13.2 Å². The molecular formula is C12H26N2O3S. The van der Waals surface area contributed by atoms with Gasteiger partial charge in [0.25, 0.3) is 0 Å². The lowest BCUT2D eigenvalue weighted by Gasteiger charge is -2.34. The highest BCUT2D eigenvalue weighted by Gasteiger charge is 2.31. The molecule has 0 radical (unpaired) electrons. The quantitative estimate of drug-likeness (QED) is 0.668. The molecule has 1 N–H and O–H groups in total. The number of hydrogen-bond acceptors (Lipinski definition) is 4. The van der Waals surface area contributed by atoms with Crippen molar-refractivity contribution in [2.75, 3.05) is 39.1 Å². The number of nitrogens with zero attached hydrogens (tertiary/aromatic N) is 1. The van der Waals surface area contributed by atoms with Crippen LogP contribution in [0.25, 0.3) is 0 Å². The van der Waals surface area contributed by atoms with E-state index in [-0.39, 0.29) is 18.4 Å². The third kappa shape index (κ3) is 4.84. The van der Waals surface area contributed by atoms with E-state index in [1.54, 1.807) is 4.31 Å². The molecule has 1 aliphatic rings. The van der Waals surface area contributed by atoms with E-state index < -0.39 is 10.0 Å². The van der Waals surface area contributed by atoms with Crippen molar-refractivity contribution in [3.05, 3.63) is 0 Å². The van der Waals surface area contributed by atoms with Crippen molar-refractivity contribution in [2.45, 2.75) is 38.6 Å². The number of hydrogen-bond donors (Lipinski definition) is 1. The molecule has 1 aliphatic heterocycles. The van der Waals surface area contributed by atoms with Crippen molar-refractivity contribution in [3.63, 3.8) is 0 Å². The van der Waals surface area contributed by atoms with Crippen LogP contribution in [0.4, 0.5) is 0 Å². The van der Waals surface area contributed by atoms with Crippen LogP contribution in [0, 0.1) is 0 Å². The van der Waals surface area contributed by atoms with Crippen molar-refractivity contribution in [1.82, 2.24) is 9.62 Å². The van der Waals surface area contributed by atoms with Crippen LogP contribution in [0.5, 0.6) is 0 Å². The standard InChI is InChI=1S/C12H26N2O3S/c1-3-7-13-11-12-6-4-5-8-14(12)18(15,16)10-9-17-2/h12-13H,3-11H2,1-2H3. The summed E-state index contributed by atoms with van der Waals surface area (Å²) in [7, 11) is -1.63. The third-order valence-electron chi connectivity index (χ3n) is 3.28. The number of ether oxygens (including phenoxy) is 1. The number of rotatable bonds is 8. The van der Waals surface area contributed by atoms with Crippen LogP contribution < -0.4 is 5.32 Å². The Labute approximate surface area is 111 Å². The Morgan fingerprint density at radius 3 is 2.83 bits per heavy atom. The van der Waals surface area contributed by atoms with Crippen LogP contribution in [0.2, 0.25) is 0 Å². The van der Waals surface area contributed by atoms with Crippen LogP contribution >= 0.6 is 0 Å². The summed E-state index contributed by atoms with van der Waals surface area (Å²) in [6.45, 7) is 4.75. The summed E-state index contributed by atoms with van der Waals surface area (Å²) >= 11 is 0. The summed E-state index contributed by atoms with van der Waals surface area (Å²) in [5, 5.41) is 3.33. The van der Waals surface area contributed by atoms with Crippen molar-refractivity contribution >= 4 is 10.0 Å². The molecule has 1 atom stereocenters. The average molecular weight is 278 g/mol. The van der Waals surface area contributed by atoms with E-state index in [9.17, 15) is 8.42 Å². The summed E-state index contributed by atoms with van der Waals surface area (Å²) in [5.74, 6) is 0.0910. The minimum absolute atomic E-state index is 0.0910. The maximum atomic E-state index is 12.2. The summed E-state index contributed by atoms with van der Waals surface area (Å²) in [5.41, 5.74) is 0. The summed E-state index contributed by atoms with van der Waals surface area (Å²) in [4.78, 5) is 0. The maximum absolute atomic E-state index is 12.2. The first-order valence-corrected chi connectivity index (χ1v) is 8.42. The van der Waals surface area contributed by atoms with Gasteiger partial charge in [0.05, 0.1) is 12.4 Å². The second-order valence-corrected chi connectivity index (χ2v) is 6.81. The molecule has 5 nitrogen and oxygen atoms in total. The number of piperidine rings is 1. The summed E-state index contributed by atoms with van der Waals surface area (Å²) in [6, 6.07) is 0.118. The maximum Gasteiger partial charge on any atom is 0.216 e. The Balaban J connectivity index is 2.57. The topological polar surface area (TPSA) is 58.6 Å². The molecule has 0 bridgehead atoms. The van der Waals surface area contributed by atoms with Gasteiger partial charge in [-0.2, -0.15) is 4.31 Å². The van der Waals surface area contributed by atoms with Gasteiger partial charge < -0.3 is 10.1 Å². The molecule has 0 aliphatic carbocycles. The van der Waals surface area contributed by atoms with Gasteiger partial charge in [-0.05, 0) is 25.8 Å². The van der Waals surface area contributed by atoms with Crippen molar-refractivity contribution in [3.8, 4) is 0 Å². The zero-order chi connectivity index (χ0) is 13.4. The van der Waals surface area contributed by atoms with Gasteiger partial charge in [0, 0.05) is 26.2 Å². The van der Waals surface area contributed by atoms with E-state index in [1.165, 1.54) is 7.11 Å². The van der Waals surface area contributed by atoms with Gasteiger partial charge >= 0.3 is 0 Å². The van der Waals surface area contributed by atoms with E-state index in [0.29, 0.717) is 6.54 Å². The lowest BCUT2D eigenvalue weighted by atomic mass is 10.1. The van der Waals surface area contributed by atoms with E-state index in [2.05, 4.69) is 12.2 Å². The summed E-state index contributed by atoms with van der Waals surface area (Å²) in [6.07, 6.45) is 4.12. The van der Waals surface area contributed by atoms with Crippen LogP contribution in [0.1, 0.15) is 32.6 Å². The highest BCUT2D eigenvalue weighted by Crippen LogP contribution is 2.20. The lowest BCUT2D eigenvalue weighted by Crippen LogP contribution is -2.49. The number of sulfonamides is 1. The van der Waals surface area contributed by atoms with Crippen molar-refractivity contribution in [1.29, 1.82) is 0 Å². The molecule has 6 heteroatoms. The molecule has 0 aromatic heterocycles. The highest BCUT2D eigenvalue weighted by molar-refractivity contribution is 7.89. The van der Waals surface area contributed by atoms with E-state index in [1.807, 2.05) is 0 Å². The summed E-state index contributed by atoms with van der Waals surface area (Å²) < 4.78 is 31.0. The third-order valence-corrected chi connectivity index (χ3v) is 5.16. The molecule has 1 rings (SSSR count). The minimum atomic E-state index is -3.16. The van der Waals surface area contributed by atoms with Crippen LogP contribution in [0.3, 0.4) is 0 Å². The van der Waals surface area contributed by atoms with Gasteiger partial charge in [-0.1, -0.05) is 13.3 Å². The normalized spacial score (nSPS) is 22.2. The van der Waals surface area contributed by atoms with Gasteiger partial charge in [0.15, 0.2) is 0 Å². The Morgan fingerprint density at radius 2 is 2.17 bits per heavy atom. The predicted molar refractivity (Wildman–Crippen MR) is 73.2 cm³/mol. The fraction of sp³-hybridized carbons (Fsp3) is 1.00. The van der Waals surface area contributed by atoms with Gasteiger partial charge in [-0.3, -0.25) is 0 Å². The first-order chi connectivity index (χ1) is 8.61. The monoisotopic (exact) mass is 278 g/mol. The van der Waals surface area contributed by atoms with Crippen LogP contribution in [-0.4, -0.2) is 57.9 Å². The SMILES string of the molecule is CCCNCC1CCCCN1S(=O)(=O)CCOC. The molecule has 1 heterocycles. The van der Waals surface area contributed by atoms with Crippen LogP contribution in [0.15, 0.2) is 0 Å². The molecule has 108 valence electrons. The van der Waals surface area contributed by atoms with E-state index in [4.69, 9.17) is 4.74 Å². The predicted octanol–water partition coefficient (Wildman–Crippen LogP) is 0.817. The molecule has 1 saturated heterocycles. The second kappa shape index (κ2) is 8.09. The Morgan fingerprint density at radius 1 is 1.39 bits per heavy atom. The molecule has 18 heavy (non-hydrogen) atoms. The van der Waals surface area contributed by atoms with E-state index >= 15 is 0 Å². The first kappa shape index (κ1) is 15.9. The molecular weight excluding hydrogens is 252 g/mol. The minimum Gasteiger partial charge on any atom is -0.384 e. The fourth-order valence-corrected chi connectivity index (χ4v) is 3.95. The van der Waals surface area contributed by atoms with Crippen LogP contribution in [-0.2, 0) is 14.8 Å². The molecule has 0 amide bonds. The number of nitrogens with one attached hydrogen (secondary N) is 1. The Bertz CT molecular complexity index is 319. The Hall–Kier alpha value is -0.170. The first-order valence-electron chi connectivity index (χ1n) is 6.81. The molecule has 0 aromatic carbocycles. The molecule has 0 aromatic rings. The van der Waals surface area contributed by atoms with Gasteiger partial charge in [-0.15, -0.1) is 0 Å². The Kier molecular flexibility index (Phi) is 7.14. The van der Waals surface area contributed by atoms with Gasteiger partial charge in [-0.25, -0.2) is 8.42 Å².